The molecule has 0 radical (unpaired) electrons. The van der Waals surface area contributed by atoms with Crippen molar-refractivity contribution in [2.24, 2.45) is 4.99 Å². The molecular weight excluding hydrogens is 307 g/mol. The summed E-state index contributed by atoms with van der Waals surface area (Å²) in [4.78, 5) is 8.64. The summed E-state index contributed by atoms with van der Waals surface area (Å²) < 4.78 is 18.0. The molecule has 6 heteroatoms. The lowest BCUT2D eigenvalue weighted by molar-refractivity contribution is 0.397. The van der Waals surface area contributed by atoms with Gasteiger partial charge in [0.2, 0.25) is 5.88 Å². The van der Waals surface area contributed by atoms with Gasteiger partial charge in [-0.1, -0.05) is 12.1 Å². The second kappa shape index (κ2) is 9.50. The third-order valence-corrected chi connectivity index (χ3v) is 3.39. The number of nitrogens with zero attached hydrogens (tertiary/aromatic N) is 2. The first-order chi connectivity index (χ1) is 11.7. The van der Waals surface area contributed by atoms with E-state index in [-0.39, 0.29) is 5.82 Å². The smallest absolute Gasteiger partial charge is 0.213 e. The second-order valence-electron chi connectivity index (χ2n) is 5.20. The van der Waals surface area contributed by atoms with E-state index in [1.54, 1.807) is 25.4 Å². The maximum atomic E-state index is 12.9. The van der Waals surface area contributed by atoms with E-state index >= 15 is 0 Å². The molecule has 1 aromatic heterocycles. The Bertz CT molecular complexity index is 658. The van der Waals surface area contributed by atoms with Gasteiger partial charge in [-0.2, -0.15) is 0 Å². The zero-order valence-corrected chi connectivity index (χ0v) is 14.1. The van der Waals surface area contributed by atoms with Crippen molar-refractivity contribution in [2.45, 2.75) is 19.9 Å². The third-order valence-electron chi connectivity index (χ3n) is 3.39. The van der Waals surface area contributed by atoms with Crippen LogP contribution < -0.4 is 15.4 Å². The maximum absolute atomic E-state index is 12.9. The summed E-state index contributed by atoms with van der Waals surface area (Å²) in [6.07, 6.45) is 2.51. The molecule has 1 aromatic carbocycles. The fraction of sp³-hybridized carbons (Fsp3) is 0.333. The van der Waals surface area contributed by atoms with Crippen LogP contribution in [-0.2, 0) is 13.0 Å². The minimum atomic E-state index is -0.214. The quantitative estimate of drug-likeness (QED) is 0.605. The van der Waals surface area contributed by atoms with Crippen molar-refractivity contribution < 1.29 is 9.13 Å². The lowest BCUT2D eigenvalue weighted by atomic mass is 10.1. The van der Waals surface area contributed by atoms with Crippen LogP contribution in [0.25, 0.3) is 0 Å². The molecular formula is C18H23FN4O. The van der Waals surface area contributed by atoms with Gasteiger partial charge in [0.25, 0.3) is 0 Å². The fourth-order valence-corrected chi connectivity index (χ4v) is 2.15. The van der Waals surface area contributed by atoms with E-state index in [9.17, 15) is 4.39 Å². The number of rotatable bonds is 7. The van der Waals surface area contributed by atoms with Gasteiger partial charge in [0.1, 0.15) is 5.82 Å². The lowest BCUT2D eigenvalue weighted by Crippen LogP contribution is -2.38. The average Bonchev–Trinajstić information content (AvgIpc) is 2.61. The summed E-state index contributed by atoms with van der Waals surface area (Å²) in [6.45, 7) is 4.05. The van der Waals surface area contributed by atoms with Crippen molar-refractivity contribution in [3.05, 3.63) is 59.5 Å². The van der Waals surface area contributed by atoms with Crippen LogP contribution in [0.1, 0.15) is 18.1 Å². The van der Waals surface area contributed by atoms with Gasteiger partial charge in [0, 0.05) is 25.4 Å². The van der Waals surface area contributed by atoms with Gasteiger partial charge in [0.05, 0.1) is 13.7 Å². The Morgan fingerprint density at radius 3 is 2.67 bits per heavy atom. The van der Waals surface area contributed by atoms with E-state index in [1.807, 2.05) is 19.1 Å². The molecule has 2 aromatic rings. The van der Waals surface area contributed by atoms with E-state index in [0.717, 1.165) is 36.6 Å². The summed E-state index contributed by atoms with van der Waals surface area (Å²) in [6, 6.07) is 10.3. The van der Waals surface area contributed by atoms with E-state index in [1.165, 1.54) is 12.1 Å². The van der Waals surface area contributed by atoms with E-state index in [2.05, 4.69) is 20.6 Å². The number of halogens is 1. The molecule has 0 aliphatic heterocycles. The van der Waals surface area contributed by atoms with Crippen molar-refractivity contribution in [2.75, 3.05) is 20.2 Å². The number of benzene rings is 1. The van der Waals surface area contributed by atoms with E-state index in [4.69, 9.17) is 4.74 Å². The number of ether oxygens (including phenoxy) is 1. The van der Waals surface area contributed by atoms with Crippen LogP contribution in [-0.4, -0.2) is 31.1 Å². The topological polar surface area (TPSA) is 58.5 Å². The van der Waals surface area contributed by atoms with Crippen LogP contribution in [0, 0.1) is 5.82 Å². The molecule has 1 heterocycles. The van der Waals surface area contributed by atoms with Gasteiger partial charge >= 0.3 is 0 Å². The molecule has 2 rings (SSSR count). The predicted octanol–water partition coefficient (Wildman–Crippen LogP) is 2.53. The van der Waals surface area contributed by atoms with Crippen molar-refractivity contribution >= 4 is 5.96 Å². The Morgan fingerprint density at radius 2 is 1.96 bits per heavy atom. The van der Waals surface area contributed by atoms with Gasteiger partial charge < -0.3 is 15.4 Å². The van der Waals surface area contributed by atoms with Gasteiger partial charge in [0.15, 0.2) is 5.96 Å². The Hall–Kier alpha value is -2.63. The normalized spacial score (nSPS) is 11.2. The first kappa shape index (κ1) is 17.7. The summed E-state index contributed by atoms with van der Waals surface area (Å²) >= 11 is 0. The fourth-order valence-electron chi connectivity index (χ4n) is 2.15. The third kappa shape index (κ3) is 5.87. The average molecular weight is 330 g/mol. The molecule has 24 heavy (non-hydrogen) atoms. The van der Waals surface area contributed by atoms with Crippen LogP contribution in [0.2, 0.25) is 0 Å². The standard InChI is InChI=1S/C18H23FN4O/c1-3-20-18(22-11-8-14-4-6-16(19)7-5-14)23-13-15-9-10-21-17(12-15)24-2/h4-7,9-10,12H,3,8,11,13H2,1-2H3,(H2,20,22,23). The highest BCUT2D eigenvalue weighted by Gasteiger charge is 2.00. The number of pyridine rings is 1. The predicted molar refractivity (Wildman–Crippen MR) is 93.7 cm³/mol. The number of hydrogen-bond acceptors (Lipinski definition) is 3. The minimum Gasteiger partial charge on any atom is -0.481 e. The largest absolute Gasteiger partial charge is 0.481 e. The Labute approximate surface area is 142 Å². The molecule has 0 fully saturated rings. The lowest BCUT2D eigenvalue weighted by Gasteiger charge is -2.11. The molecule has 0 amide bonds. The van der Waals surface area contributed by atoms with Gasteiger partial charge in [-0.3, -0.25) is 0 Å². The summed E-state index contributed by atoms with van der Waals surface area (Å²) in [5.74, 6) is 1.11. The molecule has 128 valence electrons. The van der Waals surface area contributed by atoms with Gasteiger partial charge in [-0.05, 0) is 42.7 Å². The molecule has 0 saturated heterocycles. The van der Waals surface area contributed by atoms with Crippen LogP contribution >= 0.6 is 0 Å². The van der Waals surface area contributed by atoms with Crippen LogP contribution in [0.4, 0.5) is 4.39 Å². The van der Waals surface area contributed by atoms with Crippen molar-refractivity contribution in [3.8, 4) is 5.88 Å². The first-order valence-electron chi connectivity index (χ1n) is 7.97. The Kier molecular flexibility index (Phi) is 7.01. The maximum Gasteiger partial charge on any atom is 0.213 e. The minimum absolute atomic E-state index is 0.214. The molecule has 0 spiro atoms. The number of aliphatic imine (C=N–C) groups is 1. The Morgan fingerprint density at radius 1 is 1.17 bits per heavy atom. The molecule has 2 N–H and O–H groups in total. The van der Waals surface area contributed by atoms with Crippen LogP contribution in [0.5, 0.6) is 5.88 Å². The molecule has 0 unspecified atom stereocenters. The molecule has 0 aliphatic rings. The summed E-state index contributed by atoms with van der Waals surface area (Å²) in [5, 5.41) is 6.49. The van der Waals surface area contributed by atoms with Crippen molar-refractivity contribution in [1.29, 1.82) is 0 Å². The number of methoxy groups -OCH3 is 1. The number of aromatic nitrogens is 1. The Balaban J connectivity index is 1.88. The highest BCUT2D eigenvalue weighted by molar-refractivity contribution is 5.79. The molecule has 0 atom stereocenters. The molecule has 0 saturated carbocycles. The van der Waals surface area contributed by atoms with Gasteiger partial charge in [-0.15, -0.1) is 0 Å². The summed E-state index contributed by atoms with van der Waals surface area (Å²) in [5.41, 5.74) is 2.11. The van der Waals surface area contributed by atoms with Crippen LogP contribution in [0.15, 0.2) is 47.6 Å². The highest BCUT2D eigenvalue weighted by atomic mass is 19.1. The molecule has 5 nitrogen and oxygen atoms in total. The number of nitrogens with one attached hydrogen (secondary N) is 2. The van der Waals surface area contributed by atoms with Crippen molar-refractivity contribution in [1.82, 2.24) is 15.6 Å². The first-order valence-corrected chi connectivity index (χ1v) is 7.97. The van der Waals surface area contributed by atoms with Crippen molar-refractivity contribution in [3.63, 3.8) is 0 Å². The summed E-state index contributed by atoms with van der Waals surface area (Å²) in [7, 11) is 1.59. The van der Waals surface area contributed by atoms with E-state index < -0.39 is 0 Å². The van der Waals surface area contributed by atoms with E-state index in [0.29, 0.717) is 12.4 Å². The zero-order chi connectivity index (χ0) is 17.2. The monoisotopic (exact) mass is 330 g/mol. The molecule has 0 bridgehead atoms. The van der Waals surface area contributed by atoms with Crippen LogP contribution in [0.3, 0.4) is 0 Å². The number of hydrogen-bond donors (Lipinski definition) is 2. The second-order valence-corrected chi connectivity index (χ2v) is 5.20. The zero-order valence-electron chi connectivity index (χ0n) is 14.1. The molecule has 0 aliphatic carbocycles. The van der Waals surface area contributed by atoms with Gasteiger partial charge in [-0.25, -0.2) is 14.4 Å². The number of guanidine groups is 1. The highest BCUT2D eigenvalue weighted by Crippen LogP contribution is 2.09. The SMILES string of the molecule is CCNC(=NCc1ccnc(OC)c1)NCCc1ccc(F)cc1.